The highest BCUT2D eigenvalue weighted by molar-refractivity contribution is 9.09. The Bertz CT molecular complexity index is 239. The molecule has 0 unspecified atom stereocenters. The minimum Gasteiger partial charge on any atom is -0.461 e. The molecule has 0 saturated heterocycles. The fourth-order valence-corrected chi connectivity index (χ4v) is 0.734. The molecule has 0 aromatic heterocycles. The maximum Gasteiger partial charge on any atom is 0.364 e. The van der Waals surface area contributed by atoms with Gasteiger partial charge in [0.25, 0.3) is 0 Å². The van der Waals surface area contributed by atoms with Crippen LogP contribution in [0.15, 0.2) is 5.16 Å². The van der Waals surface area contributed by atoms with Crippen molar-refractivity contribution in [3.8, 4) is 0 Å². The predicted octanol–water partition coefficient (Wildman–Crippen LogP) is 0.906. The van der Waals surface area contributed by atoms with Crippen molar-refractivity contribution in [2.45, 2.75) is 13.8 Å². The van der Waals surface area contributed by atoms with E-state index in [9.17, 15) is 9.59 Å². The summed E-state index contributed by atoms with van der Waals surface area (Å²) in [6.07, 6.45) is 0. The lowest BCUT2D eigenvalue weighted by Gasteiger charge is -2.01. The van der Waals surface area contributed by atoms with E-state index < -0.39 is 11.8 Å². The van der Waals surface area contributed by atoms with Crippen LogP contribution in [0, 0.1) is 0 Å². The zero-order valence-electron chi connectivity index (χ0n) is 8.08. The van der Waals surface area contributed by atoms with Gasteiger partial charge in [-0.05, 0) is 6.92 Å². The molecule has 0 rings (SSSR count). The van der Waals surface area contributed by atoms with Gasteiger partial charge in [-0.1, -0.05) is 21.1 Å². The number of oxime groups is 1. The summed E-state index contributed by atoms with van der Waals surface area (Å²) in [5, 5.41) is 3.97. The van der Waals surface area contributed by atoms with E-state index in [0.717, 1.165) is 0 Å². The third-order valence-corrected chi connectivity index (χ3v) is 1.45. The first kappa shape index (κ1) is 13.1. The number of halogens is 1. The summed E-state index contributed by atoms with van der Waals surface area (Å²) >= 11 is 3.11. The van der Waals surface area contributed by atoms with Crippen molar-refractivity contribution in [1.82, 2.24) is 0 Å². The Kier molecular flexibility index (Phi) is 7.00. The molecule has 0 aromatic rings. The maximum atomic E-state index is 11.1. The molecule has 0 amide bonds. The number of esters is 1. The molecular weight excluding hydrogens is 254 g/mol. The molecule has 0 atom stereocenters. The van der Waals surface area contributed by atoms with Crippen LogP contribution in [0.2, 0.25) is 0 Å². The van der Waals surface area contributed by atoms with Crippen molar-refractivity contribution < 1.29 is 19.2 Å². The Morgan fingerprint density at radius 2 is 2.07 bits per heavy atom. The zero-order chi connectivity index (χ0) is 11.0. The van der Waals surface area contributed by atoms with Crippen LogP contribution < -0.4 is 0 Å². The molecule has 0 radical (unpaired) electrons. The molecule has 0 bridgehead atoms. The van der Waals surface area contributed by atoms with Gasteiger partial charge in [-0.3, -0.25) is 4.79 Å². The Balaban J connectivity index is 4.35. The summed E-state index contributed by atoms with van der Waals surface area (Å²) in [7, 11) is 0. The van der Waals surface area contributed by atoms with Gasteiger partial charge in [-0.2, -0.15) is 0 Å². The predicted molar refractivity (Wildman–Crippen MR) is 54.5 cm³/mol. The molecule has 0 aliphatic carbocycles. The van der Waals surface area contributed by atoms with Crippen molar-refractivity contribution in [2.75, 3.05) is 18.5 Å². The normalized spacial score (nSPS) is 10.9. The molecule has 0 aliphatic heterocycles. The number of rotatable bonds is 6. The molecular formula is C8H12BrNO4. The fraction of sp³-hybridized carbons (Fsp3) is 0.625. The number of Topliss-reactive ketones (excluding diaryl/α,β-unsaturated/α-hetero) is 1. The third kappa shape index (κ3) is 4.96. The summed E-state index contributed by atoms with van der Waals surface area (Å²) in [4.78, 5) is 26.7. The number of ketones is 1. The smallest absolute Gasteiger partial charge is 0.364 e. The maximum absolute atomic E-state index is 11.1. The van der Waals surface area contributed by atoms with Crippen LogP contribution in [-0.2, 0) is 19.2 Å². The number of hydrogen-bond donors (Lipinski definition) is 0. The molecule has 14 heavy (non-hydrogen) atoms. The highest BCUT2D eigenvalue weighted by Gasteiger charge is 2.18. The summed E-state index contributed by atoms with van der Waals surface area (Å²) in [5.41, 5.74) is -0.312. The van der Waals surface area contributed by atoms with Gasteiger partial charge in [0.15, 0.2) is 5.78 Å². The lowest BCUT2D eigenvalue weighted by Crippen LogP contribution is -2.24. The minimum atomic E-state index is -0.755. The van der Waals surface area contributed by atoms with Crippen LogP contribution in [-0.4, -0.2) is 36.0 Å². The van der Waals surface area contributed by atoms with Gasteiger partial charge in [-0.15, -0.1) is 0 Å². The topological polar surface area (TPSA) is 65.0 Å². The second-order valence-electron chi connectivity index (χ2n) is 2.24. The second kappa shape index (κ2) is 7.49. The largest absolute Gasteiger partial charge is 0.461 e. The minimum absolute atomic E-state index is 0.198. The van der Waals surface area contributed by atoms with Gasteiger partial charge in [0.05, 0.1) is 6.61 Å². The van der Waals surface area contributed by atoms with Crippen LogP contribution in [0.4, 0.5) is 0 Å². The SMILES string of the molecule is CCOC(=O)/C(=N\OCCBr)C(C)=O. The summed E-state index contributed by atoms with van der Waals surface area (Å²) in [6, 6.07) is 0. The van der Waals surface area contributed by atoms with Gasteiger partial charge < -0.3 is 9.57 Å². The van der Waals surface area contributed by atoms with Crippen LogP contribution in [0.5, 0.6) is 0 Å². The molecule has 5 nitrogen and oxygen atoms in total. The highest BCUT2D eigenvalue weighted by atomic mass is 79.9. The van der Waals surface area contributed by atoms with Crippen LogP contribution in [0.1, 0.15) is 13.8 Å². The first-order valence-corrected chi connectivity index (χ1v) is 5.19. The third-order valence-electron chi connectivity index (χ3n) is 1.13. The van der Waals surface area contributed by atoms with E-state index in [4.69, 9.17) is 4.84 Å². The van der Waals surface area contributed by atoms with E-state index in [1.165, 1.54) is 6.92 Å². The van der Waals surface area contributed by atoms with Crippen molar-refractivity contribution in [2.24, 2.45) is 5.16 Å². The molecule has 6 heteroatoms. The van der Waals surface area contributed by atoms with Gasteiger partial charge in [0.1, 0.15) is 6.61 Å². The Morgan fingerprint density at radius 3 is 2.50 bits per heavy atom. The average Bonchev–Trinajstić information content (AvgIpc) is 2.12. The molecule has 0 saturated carbocycles. The van der Waals surface area contributed by atoms with E-state index in [0.29, 0.717) is 5.33 Å². The number of hydrogen-bond acceptors (Lipinski definition) is 5. The van der Waals surface area contributed by atoms with Crippen molar-refractivity contribution in [3.05, 3.63) is 0 Å². The molecule has 80 valence electrons. The fourth-order valence-electron chi connectivity index (χ4n) is 0.589. The first-order chi connectivity index (χ1) is 6.63. The number of ether oxygens (including phenoxy) is 1. The second-order valence-corrected chi connectivity index (χ2v) is 3.03. The van der Waals surface area contributed by atoms with Gasteiger partial charge in [0, 0.05) is 12.3 Å². The van der Waals surface area contributed by atoms with E-state index in [1.807, 2.05) is 0 Å². The van der Waals surface area contributed by atoms with Crippen LogP contribution in [0.25, 0.3) is 0 Å². The molecule has 0 heterocycles. The number of carbonyl (C=O) groups excluding carboxylic acids is 2. The monoisotopic (exact) mass is 265 g/mol. The van der Waals surface area contributed by atoms with Gasteiger partial charge in [0.2, 0.25) is 5.71 Å². The Labute approximate surface area is 90.6 Å². The molecule has 0 aromatic carbocycles. The number of carbonyl (C=O) groups is 2. The van der Waals surface area contributed by atoms with Crippen LogP contribution in [0.3, 0.4) is 0 Å². The van der Waals surface area contributed by atoms with E-state index in [2.05, 4.69) is 25.8 Å². The molecule has 0 spiro atoms. The standard InChI is InChI=1S/C8H12BrNO4/c1-3-13-8(12)7(6(2)11)10-14-5-4-9/h3-5H2,1-2H3/b10-7-. The van der Waals surface area contributed by atoms with E-state index >= 15 is 0 Å². The average molecular weight is 266 g/mol. The summed E-state index contributed by atoms with van der Waals surface area (Å²) in [5.74, 6) is -1.23. The lowest BCUT2D eigenvalue weighted by molar-refractivity contribution is -0.135. The van der Waals surface area contributed by atoms with Crippen molar-refractivity contribution in [1.29, 1.82) is 0 Å². The zero-order valence-corrected chi connectivity index (χ0v) is 9.67. The summed E-state index contributed by atoms with van der Waals surface area (Å²) in [6.45, 7) is 3.36. The quantitative estimate of drug-likeness (QED) is 0.179. The molecule has 0 N–H and O–H groups in total. The van der Waals surface area contributed by atoms with E-state index in [-0.39, 0.29) is 18.9 Å². The van der Waals surface area contributed by atoms with Gasteiger partial charge in [-0.25, -0.2) is 4.79 Å². The highest BCUT2D eigenvalue weighted by Crippen LogP contribution is 1.91. The van der Waals surface area contributed by atoms with Gasteiger partial charge >= 0.3 is 5.97 Å². The Hall–Kier alpha value is -0.910. The van der Waals surface area contributed by atoms with Crippen molar-refractivity contribution >= 4 is 33.4 Å². The number of alkyl halides is 1. The Morgan fingerprint density at radius 1 is 1.43 bits per heavy atom. The van der Waals surface area contributed by atoms with Crippen molar-refractivity contribution in [3.63, 3.8) is 0 Å². The first-order valence-electron chi connectivity index (χ1n) is 4.07. The van der Waals surface area contributed by atoms with E-state index in [1.54, 1.807) is 6.92 Å². The summed E-state index contributed by atoms with van der Waals surface area (Å²) < 4.78 is 4.61. The van der Waals surface area contributed by atoms with Crippen LogP contribution >= 0.6 is 15.9 Å². The molecule has 0 aliphatic rings. The number of nitrogens with zero attached hydrogens (tertiary/aromatic N) is 1. The lowest BCUT2D eigenvalue weighted by atomic mass is 10.3. The molecule has 0 fully saturated rings.